The first-order valence-corrected chi connectivity index (χ1v) is 7.18. The van der Waals surface area contributed by atoms with E-state index in [1.165, 1.54) is 6.42 Å². The molecule has 1 aliphatic heterocycles. The largest absolute Gasteiger partial charge is 0.445 e. The van der Waals surface area contributed by atoms with E-state index in [4.69, 9.17) is 10.5 Å². The summed E-state index contributed by atoms with van der Waals surface area (Å²) in [5, 5.41) is 2.84. The number of carbonyl (C=O) groups excluding carboxylic acids is 1. The number of carbonyl (C=O) groups is 1. The number of alkyl carbamates (subject to hydrolysis) is 1. The summed E-state index contributed by atoms with van der Waals surface area (Å²) < 4.78 is 5.19. The molecule has 0 radical (unpaired) electrons. The van der Waals surface area contributed by atoms with Crippen LogP contribution < -0.4 is 11.1 Å². The zero-order valence-corrected chi connectivity index (χ0v) is 11.8. The van der Waals surface area contributed by atoms with Gasteiger partial charge in [-0.2, -0.15) is 0 Å². The van der Waals surface area contributed by atoms with Gasteiger partial charge < -0.3 is 15.8 Å². The van der Waals surface area contributed by atoms with Crippen molar-refractivity contribution in [3.63, 3.8) is 0 Å². The molecule has 1 heterocycles. The van der Waals surface area contributed by atoms with Crippen molar-refractivity contribution in [2.75, 3.05) is 26.2 Å². The summed E-state index contributed by atoms with van der Waals surface area (Å²) in [5.74, 6) is 0. The molecule has 1 unspecified atom stereocenters. The molecule has 1 fully saturated rings. The van der Waals surface area contributed by atoms with Crippen LogP contribution in [-0.2, 0) is 11.3 Å². The van der Waals surface area contributed by atoms with E-state index in [1.54, 1.807) is 0 Å². The first-order valence-electron chi connectivity index (χ1n) is 7.18. The molecule has 1 amide bonds. The highest BCUT2D eigenvalue weighted by Crippen LogP contribution is 2.15. The lowest BCUT2D eigenvalue weighted by atomic mass is 10.2. The second-order valence-electron chi connectivity index (χ2n) is 5.06. The summed E-state index contributed by atoms with van der Waals surface area (Å²) in [6.07, 6.45) is 1.93. The van der Waals surface area contributed by atoms with Crippen LogP contribution in [0.4, 0.5) is 4.79 Å². The van der Waals surface area contributed by atoms with E-state index >= 15 is 0 Å². The summed E-state index contributed by atoms with van der Waals surface area (Å²) in [7, 11) is 0. The maximum atomic E-state index is 11.7. The minimum absolute atomic E-state index is 0.309. The molecule has 5 heteroatoms. The van der Waals surface area contributed by atoms with Gasteiger partial charge in [-0.15, -0.1) is 0 Å². The Hall–Kier alpha value is -1.59. The van der Waals surface area contributed by atoms with Crippen molar-refractivity contribution < 1.29 is 9.53 Å². The molecule has 20 heavy (non-hydrogen) atoms. The molecule has 3 N–H and O–H groups in total. The minimum atomic E-state index is -0.353. The van der Waals surface area contributed by atoms with Crippen LogP contribution in [0.5, 0.6) is 0 Å². The molecule has 2 rings (SSSR count). The Morgan fingerprint density at radius 2 is 2.20 bits per heavy atom. The van der Waals surface area contributed by atoms with Gasteiger partial charge in [-0.1, -0.05) is 30.3 Å². The second kappa shape index (κ2) is 7.87. The van der Waals surface area contributed by atoms with E-state index < -0.39 is 0 Å². The molecule has 1 aromatic rings. The van der Waals surface area contributed by atoms with Crippen molar-refractivity contribution in [1.29, 1.82) is 0 Å². The molecular weight excluding hydrogens is 254 g/mol. The number of nitrogens with one attached hydrogen (secondary N) is 1. The number of nitrogens with zero attached hydrogens (tertiary/aromatic N) is 1. The minimum Gasteiger partial charge on any atom is -0.445 e. The van der Waals surface area contributed by atoms with Crippen LogP contribution in [0.15, 0.2) is 30.3 Å². The third-order valence-corrected chi connectivity index (χ3v) is 3.61. The molecule has 1 aliphatic rings. The van der Waals surface area contributed by atoms with Gasteiger partial charge in [-0.3, -0.25) is 4.90 Å². The van der Waals surface area contributed by atoms with Gasteiger partial charge in [0.15, 0.2) is 0 Å². The molecule has 110 valence electrons. The second-order valence-corrected chi connectivity index (χ2v) is 5.06. The average molecular weight is 277 g/mol. The Morgan fingerprint density at radius 1 is 1.40 bits per heavy atom. The molecule has 1 atom stereocenters. The Morgan fingerprint density at radius 3 is 2.95 bits per heavy atom. The number of amides is 1. The summed E-state index contributed by atoms with van der Waals surface area (Å²) in [6.45, 7) is 3.57. The van der Waals surface area contributed by atoms with Crippen molar-refractivity contribution in [2.45, 2.75) is 25.5 Å². The van der Waals surface area contributed by atoms with Crippen molar-refractivity contribution in [3.05, 3.63) is 35.9 Å². The van der Waals surface area contributed by atoms with Gasteiger partial charge in [-0.05, 0) is 24.9 Å². The van der Waals surface area contributed by atoms with Gasteiger partial charge in [0, 0.05) is 25.7 Å². The number of nitrogens with two attached hydrogens (primary N) is 1. The zero-order chi connectivity index (χ0) is 14.2. The zero-order valence-electron chi connectivity index (χ0n) is 11.8. The van der Waals surface area contributed by atoms with Crippen LogP contribution in [-0.4, -0.2) is 43.2 Å². The highest BCUT2D eigenvalue weighted by atomic mass is 16.5. The fourth-order valence-corrected chi connectivity index (χ4v) is 2.56. The molecule has 0 spiro atoms. The first kappa shape index (κ1) is 14.8. The van der Waals surface area contributed by atoms with Crippen LogP contribution in [0.3, 0.4) is 0 Å². The van der Waals surface area contributed by atoms with E-state index in [1.807, 2.05) is 30.3 Å². The topological polar surface area (TPSA) is 67.6 Å². The predicted octanol–water partition coefficient (Wildman–Crippen LogP) is 1.34. The predicted molar refractivity (Wildman–Crippen MR) is 78.3 cm³/mol. The van der Waals surface area contributed by atoms with Crippen LogP contribution in [0, 0.1) is 0 Å². The third-order valence-electron chi connectivity index (χ3n) is 3.61. The van der Waals surface area contributed by atoms with Crippen LogP contribution in [0.25, 0.3) is 0 Å². The van der Waals surface area contributed by atoms with Gasteiger partial charge in [-0.25, -0.2) is 4.79 Å². The molecule has 0 saturated carbocycles. The lowest BCUT2D eigenvalue weighted by Gasteiger charge is -2.23. The van der Waals surface area contributed by atoms with E-state index in [9.17, 15) is 4.79 Å². The standard InChI is InChI=1S/C15H23N3O2/c16-8-10-18-9-4-7-14(18)11-17-15(19)20-12-13-5-2-1-3-6-13/h1-3,5-6,14H,4,7-12,16H2,(H,17,19). The number of hydrogen-bond acceptors (Lipinski definition) is 4. The molecule has 5 nitrogen and oxygen atoms in total. The molecule has 1 aromatic carbocycles. The van der Waals surface area contributed by atoms with Crippen molar-refractivity contribution in [2.24, 2.45) is 5.73 Å². The van der Waals surface area contributed by atoms with E-state index in [2.05, 4.69) is 10.2 Å². The van der Waals surface area contributed by atoms with Crippen LogP contribution in [0.2, 0.25) is 0 Å². The highest BCUT2D eigenvalue weighted by Gasteiger charge is 2.23. The monoisotopic (exact) mass is 277 g/mol. The fraction of sp³-hybridized carbons (Fsp3) is 0.533. The van der Waals surface area contributed by atoms with E-state index in [-0.39, 0.29) is 6.09 Å². The summed E-state index contributed by atoms with van der Waals surface area (Å²) in [4.78, 5) is 14.0. The molecular formula is C15H23N3O2. The SMILES string of the molecule is NCCN1CCCC1CNC(=O)OCc1ccccc1. The normalized spacial score (nSPS) is 18.9. The average Bonchev–Trinajstić information content (AvgIpc) is 2.92. The smallest absolute Gasteiger partial charge is 0.407 e. The fourth-order valence-electron chi connectivity index (χ4n) is 2.56. The third kappa shape index (κ3) is 4.51. The van der Waals surface area contributed by atoms with Crippen molar-refractivity contribution in [1.82, 2.24) is 10.2 Å². The lowest BCUT2D eigenvalue weighted by Crippen LogP contribution is -2.42. The van der Waals surface area contributed by atoms with Gasteiger partial charge in [0.05, 0.1) is 0 Å². The number of rotatable bonds is 6. The molecule has 1 saturated heterocycles. The molecule has 0 aliphatic carbocycles. The van der Waals surface area contributed by atoms with Crippen LogP contribution in [0.1, 0.15) is 18.4 Å². The van der Waals surface area contributed by atoms with Gasteiger partial charge in [0.1, 0.15) is 6.61 Å². The van der Waals surface area contributed by atoms with Crippen LogP contribution >= 0.6 is 0 Å². The van der Waals surface area contributed by atoms with Gasteiger partial charge >= 0.3 is 6.09 Å². The number of benzene rings is 1. The maximum Gasteiger partial charge on any atom is 0.407 e. The van der Waals surface area contributed by atoms with Gasteiger partial charge in [0.25, 0.3) is 0 Å². The van der Waals surface area contributed by atoms with Crippen molar-refractivity contribution >= 4 is 6.09 Å². The maximum absolute atomic E-state index is 11.7. The number of hydrogen-bond donors (Lipinski definition) is 2. The summed E-state index contributed by atoms with van der Waals surface area (Å²) >= 11 is 0. The summed E-state index contributed by atoms with van der Waals surface area (Å²) in [5.41, 5.74) is 6.58. The van der Waals surface area contributed by atoms with Gasteiger partial charge in [0.2, 0.25) is 0 Å². The number of likely N-dealkylation sites (tertiary alicyclic amines) is 1. The first-order chi connectivity index (χ1) is 9.79. The summed E-state index contributed by atoms with van der Waals surface area (Å²) in [6, 6.07) is 10.1. The quantitative estimate of drug-likeness (QED) is 0.823. The van der Waals surface area contributed by atoms with E-state index in [0.717, 1.165) is 25.1 Å². The molecule has 0 bridgehead atoms. The van der Waals surface area contributed by atoms with E-state index in [0.29, 0.717) is 25.7 Å². The van der Waals surface area contributed by atoms with Crippen molar-refractivity contribution in [3.8, 4) is 0 Å². The Balaban J connectivity index is 1.67. The molecule has 0 aromatic heterocycles. The number of ether oxygens (including phenoxy) is 1. The lowest BCUT2D eigenvalue weighted by molar-refractivity contribution is 0.135. The Bertz CT molecular complexity index is 411. The Kier molecular flexibility index (Phi) is 5.83. The Labute approximate surface area is 120 Å². The highest BCUT2D eigenvalue weighted by molar-refractivity contribution is 5.67.